The largest absolute Gasteiger partial charge is 0.458 e. The summed E-state index contributed by atoms with van der Waals surface area (Å²) in [4.78, 5) is 24.1. The van der Waals surface area contributed by atoms with Crippen LogP contribution in [0.25, 0.3) is 0 Å². The second kappa shape index (κ2) is 9.77. The van der Waals surface area contributed by atoms with E-state index < -0.39 is 6.10 Å². The summed E-state index contributed by atoms with van der Waals surface area (Å²) in [6, 6.07) is 0. The molecule has 0 saturated heterocycles. The quantitative estimate of drug-likeness (QED) is 0.483. The van der Waals surface area contributed by atoms with Gasteiger partial charge >= 0.3 is 5.97 Å². The molecule has 0 aromatic rings. The number of fused-ring (bicyclic) bond motifs is 1. The van der Waals surface area contributed by atoms with Crippen molar-refractivity contribution >= 4 is 11.8 Å². The number of aliphatic hydroxyl groups excluding tert-OH is 1. The van der Waals surface area contributed by atoms with Crippen LogP contribution in [0.5, 0.6) is 0 Å². The molecule has 0 bridgehead atoms. The minimum absolute atomic E-state index is 0.135. The molecule has 0 spiro atoms. The van der Waals surface area contributed by atoms with Crippen molar-refractivity contribution in [2.75, 3.05) is 0 Å². The molecule has 4 nitrogen and oxygen atoms in total. The Morgan fingerprint density at radius 2 is 2.04 bits per heavy atom. The number of carbonyl (C=O) groups is 2. The maximum Gasteiger partial charge on any atom is 0.306 e. The maximum absolute atomic E-state index is 12.1. The number of esters is 1. The van der Waals surface area contributed by atoms with E-state index in [9.17, 15) is 14.7 Å². The van der Waals surface area contributed by atoms with Crippen LogP contribution in [0.1, 0.15) is 64.7 Å². The normalized spacial score (nSPS) is 34.4. The molecule has 1 N–H and O–H groups in total. The second-order valence-corrected chi connectivity index (χ2v) is 6.93. The number of hydrogen-bond acceptors (Lipinski definition) is 4. The molecule has 4 atom stereocenters. The molecule has 2 rings (SSSR count). The fourth-order valence-corrected chi connectivity index (χ4v) is 3.52. The van der Waals surface area contributed by atoms with Gasteiger partial charge in [0.05, 0.1) is 6.10 Å². The van der Waals surface area contributed by atoms with Crippen molar-refractivity contribution in [3.05, 3.63) is 24.3 Å². The summed E-state index contributed by atoms with van der Waals surface area (Å²) in [7, 11) is 0. The van der Waals surface area contributed by atoms with E-state index >= 15 is 0 Å². The lowest BCUT2D eigenvalue weighted by Gasteiger charge is -2.18. The molecule has 24 heavy (non-hydrogen) atoms. The van der Waals surface area contributed by atoms with E-state index in [0.717, 1.165) is 38.5 Å². The van der Waals surface area contributed by atoms with E-state index in [0.29, 0.717) is 12.8 Å². The maximum atomic E-state index is 12.1. The average molecular weight is 334 g/mol. The summed E-state index contributed by atoms with van der Waals surface area (Å²) >= 11 is 0. The van der Waals surface area contributed by atoms with Crippen LogP contribution >= 0.6 is 0 Å². The Hall–Kier alpha value is -1.42. The Bertz CT molecular complexity index is 480. The molecule has 0 amide bonds. The van der Waals surface area contributed by atoms with E-state index in [1.54, 1.807) is 0 Å². The minimum Gasteiger partial charge on any atom is -0.458 e. The fraction of sp³-hybridized carbons (Fsp3) is 0.700. The first-order chi connectivity index (χ1) is 11.6. The number of unbranched alkanes of at least 4 members (excludes halogenated alkanes) is 2. The van der Waals surface area contributed by atoms with Crippen molar-refractivity contribution in [3.8, 4) is 0 Å². The predicted molar refractivity (Wildman–Crippen MR) is 93.4 cm³/mol. The lowest BCUT2D eigenvalue weighted by Crippen LogP contribution is -2.20. The van der Waals surface area contributed by atoms with Crippen molar-refractivity contribution in [2.45, 2.75) is 76.9 Å². The number of Topliss-reactive ketones (excluding diaryl/α,β-unsaturated/α-hetero) is 1. The van der Waals surface area contributed by atoms with Gasteiger partial charge in [-0.1, -0.05) is 38.0 Å². The summed E-state index contributed by atoms with van der Waals surface area (Å²) < 4.78 is 5.60. The molecule has 0 aromatic carbocycles. The number of allylic oxidation sites excluding steroid dienone is 2. The Morgan fingerprint density at radius 1 is 1.21 bits per heavy atom. The van der Waals surface area contributed by atoms with Gasteiger partial charge in [0.15, 0.2) is 0 Å². The zero-order valence-electron chi connectivity index (χ0n) is 14.7. The molecule has 1 aliphatic heterocycles. The zero-order valence-corrected chi connectivity index (χ0v) is 14.7. The predicted octanol–water partition coefficient (Wildman–Crippen LogP) is 3.73. The van der Waals surface area contributed by atoms with E-state index in [2.05, 4.69) is 6.92 Å². The number of aliphatic hydroxyl groups is 1. The van der Waals surface area contributed by atoms with Crippen LogP contribution in [0.15, 0.2) is 24.3 Å². The van der Waals surface area contributed by atoms with Gasteiger partial charge in [0, 0.05) is 24.7 Å². The van der Waals surface area contributed by atoms with E-state index in [1.165, 1.54) is 0 Å². The van der Waals surface area contributed by atoms with Gasteiger partial charge < -0.3 is 9.84 Å². The van der Waals surface area contributed by atoms with Gasteiger partial charge in [-0.2, -0.15) is 0 Å². The summed E-state index contributed by atoms with van der Waals surface area (Å²) in [5.74, 6) is -0.347. The lowest BCUT2D eigenvalue weighted by molar-refractivity contribution is -0.147. The van der Waals surface area contributed by atoms with Crippen LogP contribution in [0, 0.1) is 11.8 Å². The number of ketones is 1. The van der Waals surface area contributed by atoms with E-state index in [4.69, 9.17) is 4.74 Å². The summed E-state index contributed by atoms with van der Waals surface area (Å²) in [6.45, 7) is 2.14. The molecule has 0 unspecified atom stereocenters. The summed E-state index contributed by atoms with van der Waals surface area (Å²) in [6.07, 6.45) is 13.9. The highest BCUT2D eigenvalue weighted by atomic mass is 16.5. The molecule has 134 valence electrons. The highest BCUT2D eigenvalue weighted by Crippen LogP contribution is 2.33. The van der Waals surface area contributed by atoms with Gasteiger partial charge in [-0.3, -0.25) is 9.59 Å². The van der Waals surface area contributed by atoms with Crippen LogP contribution in [0.2, 0.25) is 0 Å². The standard InChI is InChI=1S/C20H30O4/c1-2-3-6-9-15-12-13-17-16(18(21)14-19(17)22)10-7-4-5-8-11-20(23)24-15/h4,7,12-13,15-17,19,22H,2-3,5-6,8-11,14H2,1H3/b7-4-,13-12+/t15-,16-,17-,19-/m1/s1. The third-order valence-electron chi connectivity index (χ3n) is 4.96. The smallest absolute Gasteiger partial charge is 0.306 e. The van der Waals surface area contributed by atoms with Crippen LogP contribution in [-0.2, 0) is 14.3 Å². The highest BCUT2D eigenvalue weighted by molar-refractivity contribution is 5.84. The molecule has 1 saturated carbocycles. The lowest BCUT2D eigenvalue weighted by atomic mass is 9.90. The third-order valence-corrected chi connectivity index (χ3v) is 4.96. The molecular formula is C20H30O4. The Kier molecular flexibility index (Phi) is 7.70. The third kappa shape index (κ3) is 5.59. The number of rotatable bonds is 4. The van der Waals surface area contributed by atoms with E-state index in [-0.39, 0.29) is 36.1 Å². The van der Waals surface area contributed by atoms with Gasteiger partial charge in [0.2, 0.25) is 0 Å². The number of ether oxygens (including phenoxy) is 1. The molecule has 1 heterocycles. The Morgan fingerprint density at radius 3 is 2.83 bits per heavy atom. The van der Waals surface area contributed by atoms with Crippen molar-refractivity contribution in [1.29, 1.82) is 0 Å². The molecule has 1 fully saturated rings. The van der Waals surface area contributed by atoms with Crippen molar-refractivity contribution in [3.63, 3.8) is 0 Å². The molecule has 2 aliphatic rings. The number of carbonyl (C=O) groups excluding carboxylic acids is 2. The van der Waals surface area contributed by atoms with Crippen LogP contribution in [0.3, 0.4) is 0 Å². The molecule has 1 aliphatic carbocycles. The number of hydrogen-bond donors (Lipinski definition) is 1. The van der Waals surface area contributed by atoms with E-state index in [1.807, 2.05) is 24.3 Å². The molecule has 0 aromatic heterocycles. The summed E-state index contributed by atoms with van der Waals surface area (Å²) in [5, 5.41) is 10.2. The average Bonchev–Trinajstić information content (AvgIpc) is 2.81. The molecule has 4 heteroatoms. The first kappa shape index (κ1) is 18.9. The first-order valence-electron chi connectivity index (χ1n) is 9.35. The second-order valence-electron chi connectivity index (χ2n) is 6.93. The van der Waals surface area contributed by atoms with Gasteiger partial charge in [0.1, 0.15) is 11.9 Å². The van der Waals surface area contributed by atoms with Crippen molar-refractivity contribution in [1.82, 2.24) is 0 Å². The van der Waals surface area contributed by atoms with Gasteiger partial charge in [-0.25, -0.2) is 0 Å². The van der Waals surface area contributed by atoms with Crippen LogP contribution < -0.4 is 0 Å². The van der Waals surface area contributed by atoms with Crippen molar-refractivity contribution < 1.29 is 19.4 Å². The SMILES string of the molecule is CCCCC[C@@H]1/C=C/[C@H]2[C@H](O)CC(=O)[C@@H]2C/C=C\CCCC(=O)O1. The monoisotopic (exact) mass is 334 g/mol. The first-order valence-corrected chi connectivity index (χ1v) is 9.35. The Balaban J connectivity index is 2.12. The van der Waals surface area contributed by atoms with Gasteiger partial charge in [0.25, 0.3) is 0 Å². The van der Waals surface area contributed by atoms with Crippen LogP contribution in [0.4, 0.5) is 0 Å². The van der Waals surface area contributed by atoms with Crippen molar-refractivity contribution in [2.24, 2.45) is 11.8 Å². The summed E-state index contributed by atoms with van der Waals surface area (Å²) in [5.41, 5.74) is 0. The molecule has 0 radical (unpaired) electrons. The van der Waals surface area contributed by atoms with Gasteiger partial charge in [-0.15, -0.1) is 0 Å². The number of cyclic esters (lactones) is 1. The van der Waals surface area contributed by atoms with Crippen LogP contribution in [-0.4, -0.2) is 29.1 Å². The fourth-order valence-electron chi connectivity index (χ4n) is 3.52. The topological polar surface area (TPSA) is 63.6 Å². The molecular weight excluding hydrogens is 304 g/mol. The highest BCUT2D eigenvalue weighted by Gasteiger charge is 2.39. The van der Waals surface area contributed by atoms with Gasteiger partial charge in [-0.05, 0) is 38.2 Å². The zero-order chi connectivity index (χ0) is 17.4. The Labute approximate surface area is 145 Å². The minimum atomic E-state index is -0.621.